The Labute approximate surface area is 229 Å². The number of hydrogen-bond donors (Lipinski definition) is 2. The molecule has 2 aromatic carbocycles. The van der Waals surface area contributed by atoms with Crippen LogP contribution in [-0.4, -0.2) is 40.8 Å². The fourth-order valence-corrected chi connectivity index (χ4v) is 4.46. The van der Waals surface area contributed by atoms with E-state index in [1.54, 1.807) is 13.1 Å². The number of fused-ring (bicyclic) bond motifs is 1. The molecule has 0 aliphatic rings. The molecular formula is C27H26F3N5O6. The molecule has 0 atom stereocenters. The number of rotatable bonds is 6. The SMILES string of the molecule is Cc1c(Cn2c(=O)c(C(=O)NC(C)(C)C(=O)O)cn(-c3ccc4c(c3)n(C)c(=O)n4C)c2=O)cccc1C(F)(F)F. The van der Waals surface area contributed by atoms with Gasteiger partial charge in [-0.25, -0.2) is 14.4 Å². The molecule has 41 heavy (non-hydrogen) atoms. The van der Waals surface area contributed by atoms with Crippen LogP contribution in [0.25, 0.3) is 16.7 Å². The van der Waals surface area contributed by atoms with E-state index in [4.69, 9.17) is 0 Å². The number of carbonyl (C=O) groups excluding carboxylic acids is 1. The van der Waals surface area contributed by atoms with Crippen molar-refractivity contribution < 1.29 is 27.9 Å². The standard InChI is InChI=1S/C27H26F3N5O6/c1-14-15(7-6-8-18(14)27(28,29)30)12-35-22(37)17(21(36)31-26(2,3)23(38)39)13-34(25(35)41)16-9-10-19-20(11-16)33(5)24(40)32(19)4/h6-11,13H,12H2,1-5H3,(H,31,36)(H,38,39). The number of halogens is 3. The third kappa shape index (κ3) is 5.08. The quantitative estimate of drug-likeness (QED) is 0.363. The number of nitrogens with zero attached hydrogens (tertiary/aromatic N) is 4. The largest absolute Gasteiger partial charge is 0.480 e. The van der Waals surface area contributed by atoms with Crippen molar-refractivity contribution in [3.8, 4) is 5.69 Å². The van der Waals surface area contributed by atoms with E-state index in [0.717, 1.165) is 22.9 Å². The van der Waals surface area contributed by atoms with Crippen molar-refractivity contribution in [3.63, 3.8) is 0 Å². The first-order valence-electron chi connectivity index (χ1n) is 12.2. The van der Waals surface area contributed by atoms with Gasteiger partial charge in [-0.15, -0.1) is 0 Å². The highest BCUT2D eigenvalue weighted by Gasteiger charge is 2.34. The van der Waals surface area contributed by atoms with Crippen LogP contribution in [0.4, 0.5) is 13.2 Å². The van der Waals surface area contributed by atoms with Gasteiger partial charge in [-0.2, -0.15) is 13.2 Å². The Morgan fingerprint density at radius 3 is 2.20 bits per heavy atom. The molecule has 0 aliphatic heterocycles. The van der Waals surface area contributed by atoms with Crippen LogP contribution >= 0.6 is 0 Å². The van der Waals surface area contributed by atoms with Gasteiger partial charge in [0.2, 0.25) is 0 Å². The minimum Gasteiger partial charge on any atom is -0.480 e. The minimum atomic E-state index is -4.68. The Bertz CT molecular complexity index is 1910. The molecule has 0 fully saturated rings. The van der Waals surface area contributed by atoms with Crippen molar-refractivity contribution in [1.29, 1.82) is 0 Å². The van der Waals surface area contributed by atoms with Crippen molar-refractivity contribution in [2.24, 2.45) is 14.1 Å². The molecular weight excluding hydrogens is 547 g/mol. The van der Waals surface area contributed by atoms with Gasteiger partial charge in [-0.1, -0.05) is 12.1 Å². The molecule has 14 heteroatoms. The zero-order valence-corrected chi connectivity index (χ0v) is 22.7. The van der Waals surface area contributed by atoms with Gasteiger partial charge >= 0.3 is 23.5 Å². The number of benzene rings is 2. The highest BCUT2D eigenvalue weighted by Crippen LogP contribution is 2.33. The van der Waals surface area contributed by atoms with Crippen LogP contribution in [0.3, 0.4) is 0 Å². The van der Waals surface area contributed by atoms with Crippen LogP contribution in [0.5, 0.6) is 0 Å². The number of aliphatic carboxylic acids is 1. The topological polar surface area (TPSA) is 137 Å². The first kappa shape index (κ1) is 29.1. The van der Waals surface area contributed by atoms with Crippen molar-refractivity contribution in [3.05, 3.63) is 96.2 Å². The lowest BCUT2D eigenvalue weighted by Gasteiger charge is -2.21. The number of aromatic nitrogens is 4. The molecule has 0 saturated heterocycles. The number of carboxylic acids is 1. The lowest BCUT2D eigenvalue weighted by Crippen LogP contribution is -2.52. The van der Waals surface area contributed by atoms with Crippen molar-refractivity contribution in [2.75, 3.05) is 0 Å². The lowest BCUT2D eigenvalue weighted by atomic mass is 10.0. The molecule has 0 aliphatic carbocycles. The Balaban J connectivity index is 1.98. The zero-order valence-electron chi connectivity index (χ0n) is 22.7. The van der Waals surface area contributed by atoms with Crippen LogP contribution in [0, 0.1) is 6.92 Å². The average molecular weight is 574 g/mol. The monoisotopic (exact) mass is 573 g/mol. The van der Waals surface area contributed by atoms with E-state index in [1.807, 2.05) is 0 Å². The van der Waals surface area contributed by atoms with Gasteiger partial charge in [0.05, 0.1) is 28.8 Å². The number of nitrogens with one attached hydrogen (secondary N) is 1. The van der Waals surface area contributed by atoms with Crippen molar-refractivity contribution >= 4 is 22.9 Å². The normalized spacial score (nSPS) is 12.1. The second kappa shape index (κ2) is 9.94. The molecule has 4 aromatic rings. The van der Waals surface area contributed by atoms with Crippen LogP contribution in [0.1, 0.15) is 40.9 Å². The Morgan fingerprint density at radius 1 is 0.951 bits per heavy atom. The molecule has 2 aromatic heterocycles. The summed E-state index contributed by atoms with van der Waals surface area (Å²) in [4.78, 5) is 64.2. The van der Waals surface area contributed by atoms with E-state index in [0.29, 0.717) is 15.6 Å². The maximum atomic E-state index is 13.7. The number of carboxylic acid groups (broad SMARTS) is 1. The van der Waals surface area contributed by atoms with Crippen LogP contribution in [-0.2, 0) is 31.6 Å². The molecule has 2 N–H and O–H groups in total. The summed E-state index contributed by atoms with van der Waals surface area (Å²) in [5.41, 5.74) is -4.91. The second-order valence-electron chi connectivity index (χ2n) is 10.1. The van der Waals surface area contributed by atoms with Gasteiger partial charge in [0.25, 0.3) is 11.5 Å². The van der Waals surface area contributed by atoms with E-state index in [-0.39, 0.29) is 22.5 Å². The molecule has 0 unspecified atom stereocenters. The Morgan fingerprint density at radius 2 is 1.59 bits per heavy atom. The lowest BCUT2D eigenvalue weighted by molar-refractivity contribution is -0.143. The van der Waals surface area contributed by atoms with Gasteiger partial charge in [0.15, 0.2) is 0 Å². The number of carbonyl (C=O) groups is 2. The van der Waals surface area contributed by atoms with Crippen LogP contribution in [0.2, 0.25) is 0 Å². The molecule has 0 bridgehead atoms. The molecule has 0 radical (unpaired) electrons. The summed E-state index contributed by atoms with van der Waals surface area (Å²) in [5, 5.41) is 11.7. The summed E-state index contributed by atoms with van der Waals surface area (Å²) in [6, 6.07) is 7.84. The van der Waals surface area contributed by atoms with Gasteiger partial charge in [0, 0.05) is 20.3 Å². The average Bonchev–Trinajstić information content (AvgIpc) is 3.09. The van der Waals surface area contributed by atoms with Crippen molar-refractivity contribution in [1.82, 2.24) is 23.6 Å². The van der Waals surface area contributed by atoms with E-state index in [1.165, 1.54) is 55.2 Å². The summed E-state index contributed by atoms with van der Waals surface area (Å²) >= 11 is 0. The highest BCUT2D eigenvalue weighted by atomic mass is 19.4. The molecule has 11 nitrogen and oxygen atoms in total. The van der Waals surface area contributed by atoms with Gasteiger partial charge in [0.1, 0.15) is 11.1 Å². The number of amides is 1. The number of aryl methyl sites for hydroxylation is 2. The van der Waals surface area contributed by atoms with E-state index in [2.05, 4.69) is 5.32 Å². The third-order valence-corrected chi connectivity index (χ3v) is 6.99. The summed E-state index contributed by atoms with van der Waals surface area (Å²) in [7, 11) is 3.07. The Hall–Kier alpha value is -4.88. The summed E-state index contributed by atoms with van der Waals surface area (Å²) in [6.07, 6.45) is -3.74. The maximum Gasteiger partial charge on any atom is 0.416 e. The summed E-state index contributed by atoms with van der Waals surface area (Å²) in [6.45, 7) is 2.98. The zero-order chi connectivity index (χ0) is 30.6. The molecule has 2 heterocycles. The van der Waals surface area contributed by atoms with E-state index >= 15 is 0 Å². The summed E-state index contributed by atoms with van der Waals surface area (Å²) in [5.74, 6) is -2.51. The molecule has 0 spiro atoms. The minimum absolute atomic E-state index is 0.00917. The smallest absolute Gasteiger partial charge is 0.416 e. The van der Waals surface area contributed by atoms with E-state index in [9.17, 15) is 42.3 Å². The molecule has 216 valence electrons. The van der Waals surface area contributed by atoms with Crippen molar-refractivity contribution in [2.45, 2.75) is 39.0 Å². The first-order chi connectivity index (χ1) is 19.0. The molecule has 4 rings (SSSR count). The van der Waals surface area contributed by atoms with Gasteiger partial charge in [-0.3, -0.25) is 27.9 Å². The number of hydrogen-bond acceptors (Lipinski definition) is 5. The first-order valence-corrected chi connectivity index (χ1v) is 12.2. The number of alkyl halides is 3. The third-order valence-electron chi connectivity index (χ3n) is 6.99. The predicted octanol–water partition coefficient (Wildman–Crippen LogP) is 2.16. The Kier molecular flexibility index (Phi) is 7.06. The molecule has 1 amide bonds. The number of imidazole rings is 1. The maximum absolute atomic E-state index is 13.7. The van der Waals surface area contributed by atoms with Crippen LogP contribution < -0.4 is 22.3 Å². The van der Waals surface area contributed by atoms with Gasteiger partial charge in [-0.05, 0) is 56.2 Å². The van der Waals surface area contributed by atoms with Crippen LogP contribution in [0.15, 0.2) is 57.0 Å². The molecule has 0 saturated carbocycles. The fourth-order valence-electron chi connectivity index (χ4n) is 4.46. The van der Waals surface area contributed by atoms with Gasteiger partial charge < -0.3 is 10.4 Å². The summed E-state index contributed by atoms with van der Waals surface area (Å²) < 4.78 is 44.9. The fraction of sp³-hybridized carbons (Fsp3) is 0.296. The second-order valence-corrected chi connectivity index (χ2v) is 10.1. The highest BCUT2D eigenvalue weighted by molar-refractivity contribution is 5.97. The predicted molar refractivity (Wildman–Crippen MR) is 142 cm³/mol. The van der Waals surface area contributed by atoms with E-state index < -0.39 is 52.5 Å².